The molecule has 0 aliphatic heterocycles. The van der Waals surface area contributed by atoms with E-state index >= 15 is 0 Å². The molecular formula is C24H23N3O2. The van der Waals surface area contributed by atoms with Crippen LogP contribution >= 0.6 is 0 Å². The fraction of sp³-hybridized carbons (Fsp3) is 0.167. The number of aromatic nitrogens is 2. The Bertz CT molecular complexity index is 1230. The summed E-state index contributed by atoms with van der Waals surface area (Å²) in [7, 11) is 1.81. The lowest BCUT2D eigenvalue weighted by atomic mass is 10.0. The van der Waals surface area contributed by atoms with Crippen molar-refractivity contribution in [3.63, 3.8) is 0 Å². The zero-order valence-electron chi connectivity index (χ0n) is 16.6. The fourth-order valence-corrected chi connectivity index (χ4v) is 3.67. The first-order chi connectivity index (χ1) is 14.1. The van der Waals surface area contributed by atoms with Crippen molar-refractivity contribution in [3.05, 3.63) is 94.4 Å². The van der Waals surface area contributed by atoms with Crippen LogP contribution in [0.2, 0.25) is 0 Å². The van der Waals surface area contributed by atoms with E-state index in [0.717, 1.165) is 27.7 Å². The molecule has 1 N–H and O–H groups in total. The SMILES string of the molecule is Cc1c(NC(=O)CCc2cccc3ccccc23)c(=O)n(-c2ccccc2)n1C. The Kier molecular flexibility index (Phi) is 5.04. The van der Waals surface area contributed by atoms with Gasteiger partial charge in [0, 0.05) is 13.5 Å². The number of para-hydroxylation sites is 1. The molecule has 0 saturated heterocycles. The quantitative estimate of drug-likeness (QED) is 0.560. The van der Waals surface area contributed by atoms with Crippen LogP contribution < -0.4 is 10.9 Å². The van der Waals surface area contributed by atoms with Crippen molar-refractivity contribution in [1.82, 2.24) is 9.36 Å². The van der Waals surface area contributed by atoms with Crippen molar-refractivity contribution in [2.45, 2.75) is 19.8 Å². The lowest BCUT2D eigenvalue weighted by Crippen LogP contribution is -2.23. The van der Waals surface area contributed by atoms with Gasteiger partial charge in [0.15, 0.2) is 0 Å². The van der Waals surface area contributed by atoms with Gasteiger partial charge in [-0.05, 0) is 41.8 Å². The molecule has 0 fully saturated rings. The third-order valence-corrected chi connectivity index (χ3v) is 5.32. The number of fused-ring (bicyclic) bond motifs is 1. The van der Waals surface area contributed by atoms with Crippen LogP contribution in [0.25, 0.3) is 16.5 Å². The highest BCUT2D eigenvalue weighted by molar-refractivity contribution is 5.92. The van der Waals surface area contributed by atoms with Crippen LogP contribution in [-0.2, 0) is 18.3 Å². The fourth-order valence-electron chi connectivity index (χ4n) is 3.67. The third-order valence-electron chi connectivity index (χ3n) is 5.32. The number of carbonyl (C=O) groups excluding carboxylic acids is 1. The molecule has 1 amide bonds. The molecule has 146 valence electrons. The maximum absolute atomic E-state index is 12.9. The molecule has 0 aliphatic carbocycles. The van der Waals surface area contributed by atoms with Gasteiger partial charge in [0.1, 0.15) is 5.69 Å². The molecular weight excluding hydrogens is 362 g/mol. The maximum atomic E-state index is 12.9. The van der Waals surface area contributed by atoms with Gasteiger partial charge in [-0.3, -0.25) is 14.3 Å². The Morgan fingerprint density at radius 3 is 2.41 bits per heavy atom. The van der Waals surface area contributed by atoms with Crippen molar-refractivity contribution in [3.8, 4) is 5.69 Å². The first-order valence-corrected chi connectivity index (χ1v) is 9.67. The topological polar surface area (TPSA) is 56.0 Å². The summed E-state index contributed by atoms with van der Waals surface area (Å²) in [6.07, 6.45) is 0.930. The molecule has 29 heavy (non-hydrogen) atoms. The molecule has 0 spiro atoms. The van der Waals surface area contributed by atoms with Gasteiger partial charge in [-0.25, -0.2) is 4.68 Å². The first-order valence-electron chi connectivity index (χ1n) is 9.67. The molecule has 3 aromatic carbocycles. The summed E-state index contributed by atoms with van der Waals surface area (Å²) in [4.78, 5) is 25.5. The van der Waals surface area contributed by atoms with Crippen molar-refractivity contribution in [1.29, 1.82) is 0 Å². The Morgan fingerprint density at radius 1 is 0.931 bits per heavy atom. The molecule has 5 nitrogen and oxygen atoms in total. The number of anilines is 1. The summed E-state index contributed by atoms with van der Waals surface area (Å²) < 4.78 is 3.33. The van der Waals surface area contributed by atoms with Gasteiger partial charge in [-0.2, -0.15) is 0 Å². The number of rotatable bonds is 5. The Morgan fingerprint density at radius 2 is 1.62 bits per heavy atom. The van der Waals surface area contributed by atoms with Crippen LogP contribution in [0.3, 0.4) is 0 Å². The predicted molar refractivity (Wildman–Crippen MR) is 117 cm³/mol. The van der Waals surface area contributed by atoms with E-state index in [1.54, 1.807) is 9.36 Å². The second kappa shape index (κ2) is 7.80. The molecule has 5 heteroatoms. The summed E-state index contributed by atoms with van der Waals surface area (Å²) in [6, 6.07) is 23.7. The van der Waals surface area contributed by atoms with Crippen molar-refractivity contribution in [2.75, 3.05) is 5.32 Å². The third kappa shape index (κ3) is 3.59. The number of nitrogens with one attached hydrogen (secondary N) is 1. The average molecular weight is 385 g/mol. The van der Waals surface area contributed by atoms with E-state index in [1.165, 1.54) is 0 Å². The van der Waals surface area contributed by atoms with Crippen LogP contribution in [0.1, 0.15) is 17.7 Å². The number of benzene rings is 3. The minimum atomic E-state index is -0.227. The molecule has 0 bridgehead atoms. The second-order valence-electron chi connectivity index (χ2n) is 7.12. The predicted octanol–water partition coefficient (Wildman–Crippen LogP) is 4.21. The lowest BCUT2D eigenvalue weighted by molar-refractivity contribution is -0.116. The second-order valence-corrected chi connectivity index (χ2v) is 7.12. The number of nitrogens with zero attached hydrogens (tertiary/aromatic N) is 2. The van der Waals surface area contributed by atoms with Crippen LogP contribution in [0.15, 0.2) is 77.6 Å². The highest BCUT2D eigenvalue weighted by Crippen LogP contribution is 2.20. The number of hydrogen-bond donors (Lipinski definition) is 1. The molecule has 4 rings (SSSR count). The van der Waals surface area contributed by atoms with E-state index in [0.29, 0.717) is 18.5 Å². The first kappa shape index (κ1) is 18.7. The van der Waals surface area contributed by atoms with E-state index in [9.17, 15) is 9.59 Å². The molecule has 0 atom stereocenters. The number of hydrogen-bond acceptors (Lipinski definition) is 2. The van der Waals surface area contributed by atoms with Gasteiger partial charge in [-0.15, -0.1) is 0 Å². The standard InChI is InChI=1S/C24H23N3O2/c1-17-23(24(29)27(26(17)2)20-12-4-3-5-13-20)25-22(28)16-15-19-11-8-10-18-9-6-7-14-21(18)19/h3-14H,15-16H2,1-2H3,(H,25,28). The lowest BCUT2D eigenvalue weighted by Gasteiger charge is -2.07. The normalized spacial score (nSPS) is 11.0. The molecule has 1 aromatic heterocycles. The van der Waals surface area contributed by atoms with E-state index < -0.39 is 0 Å². The molecule has 1 heterocycles. The summed E-state index contributed by atoms with van der Waals surface area (Å²) in [5, 5.41) is 5.15. The minimum Gasteiger partial charge on any atom is -0.320 e. The van der Waals surface area contributed by atoms with Crippen LogP contribution in [-0.4, -0.2) is 15.3 Å². The van der Waals surface area contributed by atoms with E-state index in [2.05, 4.69) is 23.5 Å². The van der Waals surface area contributed by atoms with Crippen LogP contribution in [0.4, 0.5) is 5.69 Å². The Labute approximate surface area is 169 Å². The number of carbonyl (C=O) groups is 1. The Hall–Kier alpha value is -3.60. The summed E-state index contributed by atoms with van der Waals surface area (Å²) >= 11 is 0. The van der Waals surface area contributed by atoms with Gasteiger partial charge in [0.05, 0.1) is 11.4 Å². The molecule has 0 aliphatic rings. The molecule has 0 unspecified atom stereocenters. The van der Waals surface area contributed by atoms with Gasteiger partial charge in [-0.1, -0.05) is 60.7 Å². The smallest absolute Gasteiger partial charge is 0.295 e. The molecule has 0 saturated carbocycles. The van der Waals surface area contributed by atoms with Crippen molar-refractivity contribution >= 4 is 22.4 Å². The van der Waals surface area contributed by atoms with Gasteiger partial charge < -0.3 is 5.32 Å². The molecule has 4 aromatic rings. The van der Waals surface area contributed by atoms with Crippen molar-refractivity contribution < 1.29 is 4.79 Å². The highest BCUT2D eigenvalue weighted by atomic mass is 16.2. The zero-order valence-corrected chi connectivity index (χ0v) is 16.6. The van der Waals surface area contributed by atoms with Gasteiger partial charge in [0.25, 0.3) is 5.56 Å². The number of amides is 1. The summed E-state index contributed by atoms with van der Waals surface area (Å²) in [5.41, 5.74) is 2.72. The minimum absolute atomic E-state index is 0.163. The maximum Gasteiger partial charge on any atom is 0.295 e. The highest BCUT2D eigenvalue weighted by Gasteiger charge is 2.18. The largest absolute Gasteiger partial charge is 0.320 e. The van der Waals surface area contributed by atoms with Crippen molar-refractivity contribution in [2.24, 2.45) is 7.05 Å². The zero-order chi connectivity index (χ0) is 20.4. The van der Waals surface area contributed by atoms with Crippen LogP contribution in [0, 0.1) is 6.92 Å². The van der Waals surface area contributed by atoms with Gasteiger partial charge >= 0.3 is 0 Å². The van der Waals surface area contributed by atoms with Gasteiger partial charge in [0.2, 0.25) is 5.91 Å². The monoisotopic (exact) mass is 385 g/mol. The van der Waals surface area contributed by atoms with E-state index in [1.807, 2.05) is 68.6 Å². The summed E-state index contributed by atoms with van der Waals surface area (Å²) in [5.74, 6) is -0.163. The Balaban J connectivity index is 1.54. The summed E-state index contributed by atoms with van der Waals surface area (Å²) in [6.45, 7) is 1.83. The average Bonchev–Trinajstić information content (AvgIpc) is 2.96. The number of aryl methyl sites for hydroxylation is 1. The van der Waals surface area contributed by atoms with E-state index in [-0.39, 0.29) is 11.5 Å². The van der Waals surface area contributed by atoms with Crippen LogP contribution in [0.5, 0.6) is 0 Å². The molecule has 0 radical (unpaired) electrons. The van der Waals surface area contributed by atoms with E-state index in [4.69, 9.17) is 0 Å².